The average Bonchev–Trinajstić information content (AvgIpc) is 2.77. The van der Waals surface area contributed by atoms with Gasteiger partial charge in [0.2, 0.25) is 0 Å². The third kappa shape index (κ3) is 2.59. The van der Waals surface area contributed by atoms with Crippen LogP contribution < -0.4 is 4.72 Å². The van der Waals surface area contributed by atoms with Crippen molar-refractivity contribution >= 4 is 27.4 Å². The number of alkyl halides is 1. The van der Waals surface area contributed by atoms with Gasteiger partial charge < -0.3 is 4.52 Å². The lowest BCUT2D eigenvalue weighted by Crippen LogP contribution is -2.13. The summed E-state index contributed by atoms with van der Waals surface area (Å²) in [7, 11) is -3.65. The fourth-order valence-electron chi connectivity index (χ4n) is 1.22. The van der Waals surface area contributed by atoms with Crippen LogP contribution in [0.4, 0.5) is 5.82 Å². The minimum atomic E-state index is -3.65. The van der Waals surface area contributed by atoms with E-state index in [-0.39, 0.29) is 16.6 Å². The highest BCUT2D eigenvalue weighted by molar-refractivity contribution is 7.92. The third-order valence-corrected chi connectivity index (χ3v) is 3.71. The number of nitrogens with one attached hydrogen (secondary N) is 1. The van der Waals surface area contributed by atoms with Crippen LogP contribution in [0.2, 0.25) is 0 Å². The summed E-state index contributed by atoms with van der Waals surface area (Å²) in [4.78, 5) is 0.156. The van der Waals surface area contributed by atoms with Gasteiger partial charge in [-0.05, 0) is 12.1 Å². The van der Waals surface area contributed by atoms with Gasteiger partial charge in [0.15, 0.2) is 5.82 Å². The highest BCUT2D eigenvalue weighted by atomic mass is 35.5. The van der Waals surface area contributed by atoms with E-state index >= 15 is 0 Å². The lowest BCUT2D eigenvalue weighted by molar-refractivity contribution is 0.422. The van der Waals surface area contributed by atoms with Crippen LogP contribution in [0.15, 0.2) is 46.0 Å². The summed E-state index contributed by atoms with van der Waals surface area (Å²) in [6.07, 6.45) is 1.30. The molecule has 0 saturated heterocycles. The van der Waals surface area contributed by atoms with Gasteiger partial charge in [-0.3, -0.25) is 4.72 Å². The second kappa shape index (κ2) is 4.77. The number of benzene rings is 1. The van der Waals surface area contributed by atoms with Crippen molar-refractivity contribution in [2.24, 2.45) is 0 Å². The average molecular weight is 273 g/mol. The molecule has 0 spiro atoms. The van der Waals surface area contributed by atoms with E-state index in [4.69, 9.17) is 11.6 Å². The van der Waals surface area contributed by atoms with E-state index in [1.165, 1.54) is 18.4 Å². The number of sulfonamides is 1. The summed E-state index contributed by atoms with van der Waals surface area (Å²) in [5.41, 5.74) is 0.492. The highest BCUT2D eigenvalue weighted by Crippen LogP contribution is 2.19. The molecule has 2 aromatic rings. The smallest absolute Gasteiger partial charge is 0.263 e. The number of rotatable bonds is 4. The minimum Gasteiger partial charge on any atom is -0.362 e. The minimum absolute atomic E-state index is 0.115. The van der Waals surface area contributed by atoms with Crippen molar-refractivity contribution in [3.8, 4) is 0 Å². The summed E-state index contributed by atoms with van der Waals surface area (Å²) in [6, 6.07) is 7.99. The van der Waals surface area contributed by atoms with Crippen LogP contribution in [0.1, 0.15) is 5.56 Å². The number of hydrogen-bond donors (Lipinski definition) is 1. The van der Waals surface area contributed by atoms with Crippen molar-refractivity contribution in [1.29, 1.82) is 0 Å². The standard InChI is InChI=1S/C10H9ClN2O3S/c11-6-8-7-16-12-10(8)13-17(14,15)9-4-2-1-3-5-9/h1-5,7H,6H2,(H,12,13). The fourth-order valence-corrected chi connectivity index (χ4v) is 2.47. The fraction of sp³-hybridized carbons (Fsp3) is 0.100. The normalized spacial score (nSPS) is 11.4. The van der Waals surface area contributed by atoms with Gasteiger partial charge in [-0.25, -0.2) is 8.42 Å². The van der Waals surface area contributed by atoms with E-state index < -0.39 is 10.0 Å². The van der Waals surface area contributed by atoms with Gasteiger partial charge in [0.05, 0.1) is 16.3 Å². The van der Waals surface area contributed by atoms with Gasteiger partial charge in [-0.15, -0.1) is 11.6 Å². The van der Waals surface area contributed by atoms with Crippen molar-refractivity contribution < 1.29 is 12.9 Å². The first kappa shape index (κ1) is 11.9. The quantitative estimate of drug-likeness (QED) is 0.866. The maximum absolute atomic E-state index is 11.9. The van der Waals surface area contributed by atoms with E-state index in [1.54, 1.807) is 18.2 Å². The number of aromatic nitrogens is 1. The van der Waals surface area contributed by atoms with Crippen molar-refractivity contribution in [1.82, 2.24) is 5.16 Å². The molecule has 0 radical (unpaired) electrons. The number of nitrogens with zero attached hydrogens (tertiary/aromatic N) is 1. The molecule has 0 bridgehead atoms. The van der Waals surface area contributed by atoms with Crippen LogP contribution in [-0.4, -0.2) is 13.6 Å². The molecule has 0 saturated carbocycles. The van der Waals surface area contributed by atoms with Crippen molar-refractivity contribution in [2.45, 2.75) is 10.8 Å². The Hall–Kier alpha value is -1.53. The molecule has 1 N–H and O–H groups in total. The zero-order chi connectivity index (χ0) is 12.3. The van der Waals surface area contributed by atoms with Gasteiger partial charge in [-0.2, -0.15) is 0 Å². The van der Waals surface area contributed by atoms with Crippen molar-refractivity contribution in [3.05, 3.63) is 42.2 Å². The molecule has 0 aliphatic heterocycles. The molecule has 5 nitrogen and oxygen atoms in total. The van der Waals surface area contributed by atoms with E-state index in [2.05, 4.69) is 14.4 Å². The van der Waals surface area contributed by atoms with Crippen LogP contribution >= 0.6 is 11.6 Å². The number of halogens is 1. The molecule has 90 valence electrons. The Kier molecular flexibility index (Phi) is 3.35. The Balaban J connectivity index is 2.30. The second-order valence-electron chi connectivity index (χ2n) is 3.24. The topological polar surface area (TPSA) is 72.2 Å². The zero-order valence-corrected chi connectivity index (χ0v) is 10.2. The zero-order valence-electron chi connectivity index (χ0n) is 8.63. The molecule has 1 aromatic carbocycles. The van der Waals surface area contributed by atoms with Crippen LogP contribution in [0.3, 0.4) is 0 Å². The summed E-state index contributed by atoms with van der Waals surface area (Å²) in [5, 5.41) is 3.55. The highest BCUT2D eigenvalue weighted by Gasteiger charge is 2.17. The number of hydrogen-bond acceptors (Lipinski definition) is 4. The molecule has 1 aromatic heterocycles. The predicted molar refractivity (Wildman–Crippen MR) is 63.3 cm³/mol. The Labute approximate surface area is 103 Å². The van der Waals surface area contributed by atoms with Crippen LogP contribution in [-0.2, 0) is 15.9 Å². The van der Waals surface area contributed by atoms with Crippen molar-refractivity contribution in [3.63, 3.8) is 0 Å². The SMILES string of the molecule is O=S(=O)(Nc1nocc1CCl)c1ccccc1. The molecule has 0 unspecified atom stereocenters. The predicted octanol–water partition coefficient (Wildman–Crippen LogP) is 2.21. The molecular weight excluding hydrogens is 264 g/mol. The van der Waals surface area contributed by atoms with Gasteiger partial charge in [0.1, 0.15) is 6.26 Å². The lowest BCUT2D eigenvalue weighted by Gasteiger charge is -2.05. The molecule has 0 aliphatic rings. The Morgan fingerprint density at radius 1 is 1.29 bits per heavy atom. The molecule has 0 aliphatic carbocycles. The van der Waals surface area contributed by atoms with Gasteiger partial charge in [0, 0.05) is 0 Å². The monoisotopic (exact) mass is 272 g/mol. The summed E-state index contributed by atoms with van der Waals surface area (Å²) in [5.74, 6) is 0.236. The van der Waals surface area contributed by atoms with E-state index in [9.17, 15) is 8.42 Å². The van der Waals surface area contributed by atoms with E-state index in [1.807, 2.05) is 0 Å². The molecule has 0 fully saturated rings. The maximum atomic E-state index is 11.9. The third-order valence-electron chi connectivity index (χ3n) is 2.07. The Morgan fingerprint density at radius 2 is 2.00 bits per heavy atom. The first-order valence-electron chi connectivity index (χ1n) is 4.70. The van der Waals surface area contributed by atoms with Gasteiger partial charge in [-0.1, -0.05) is 23.4 Å². The maximum Gasteiger partial charge on any atom is 0.263 e. The molecule has 7 heteroatoms. The number of anilines is 1. The van der Waals surface area contributed by atoms with Gasteiger partial charge >= 0.3 is 0 Å². The molecule has 0 amide bonds. The van der Waals surface area contributed by atoms with E-state index in [0.717, 1.165) is 0 Å². The Morgan fingerprint density at radius 3 is 2.65 bits per heavy atom. The van der Waals surface area contributed by atoms with Crippen LogP contribution in [0, 0.1) is 0 Å². The largest absolute Gasteiger partial charge is 0.362 e. The molecule has 0 atom stereocenters. The summed E-state index contributed by atoms with van der Waals surface area (Å²) in [6.45, 7) is 0. The first-order valence-corrected chi connectivity index (χ1v) is 6.72. The molecular formula is C10H9ClN2O3S. The molecule has 1 heterocycles. The molecule has 17 heavy (non-hydrogen) atoms. The summed E-state index contributed by atoms with van der Waals surface area (Å²) < 4.78 is 30.8. The Bertz CT molecular complexity index is 595. The molecule has 2 rings (SSSR count). The van der Waals surface area contributed by atoms with E-state index in [0.29, 0.717) is 5.56 Å². The van der Waals surface area contributed by atoms with Crippen LogP contribution in [0.5, 0.6) is 0 Å². The van der Waals surface area contributed by atoms with Crippen LogP contribution in [0.25, 0.3) is 0 Å². The van der Waals surface area contributed by atoms with Crippen molar-refractivity contribution in [2.75, 3.05) is 4.72 Å². The first-order chi connectivity index (χ1) is 8.13. The lowest BCUT2D eigenvalue weighted by atomic mass is 10.4. The second-order valence-corrected chi connectivity index (χ2v) is 5.19. The summed E-state index contributed by atoms with van der Waals surface area (Å²) >= 11 is 5.61. The van der Waals surface area contributed by atoms with Gasteiger partial charge in [0.25, 0.3) is 10.0 Å².